The van der Waals surface area contributed by atoms with Crippen LogP contribution in [0.3, 0.4) is 0 Å². The van der Waals surface area contributed by atoms with Gasteiger partial charge in [-0.25, -0.2) is 0 Å². The number of ether oxygens (including phenoxy) is 1. The van der Waals surface area contributed by atoms with E-state index in [1.165, 1.54) is 25.1 Å². The largest absolute Gasteiger partial charge is 0.507 e. The fraction of sp³-hybridized carbons (Fsp3) is 0.231. The maximum atomic E-state index is 13.6. The topological polar surface area (TPSA) is 119 Å². The van der Waals surface area contributed by atoms with Gasteiger partial charge in [0.05, 0.1) is 22.9 Å². The van der Waals surface area contributed by atoms with Gasteiger partial charge in [0, 0.05) is 16.7 Å². The molecule has 0 spiro atoms. The monoisotopic (exact) mass is 439 g/mol. The van der Waals surface area contributed by atoms with Gasteiger partial charge in [0.2, 0.25) is 0 Å². The second kappa shape index (κ2) is 6.34. The number of phenols is 1. The smallest absolute Gasteiger partial charge is 0.198 e. The van der Waals surface area contributed by atoms with E-state index in [1.807, 2.05) is 0 Å². The van der Waals surface area contributed by atoms with Crippen LogP contribution in [-0.2, 0) is 10.3 Å². The Hall–Kier alpha value is -3.88. The van der Waals surface area contributed by atoms with Crippen LogP contribution in [0, 0.1) is 23.7 Å². The lowest BCUT2D eigenvalue weighted by Crippen LogP contribution is -2.54. The van der Waals surface area contributed by atoms with Crippen molar-refractivity contribution in [3.8, 4) is 29.4 Å². The minimum absolute atomic E-state index is 0.0117. The normalized spacial score (nSPS) is 31.6. The Morgan fingerprint density at radius 3 is 2.36 bits per heavy atom. The van der Waals surface area contributed by atoms with Crippen LogP contribution in [0.5, 0.6) is 5.75 Å². The van der Waals surface area contributed by atoms with Crippen LogP contribution in [-0.4, -0.2) is 50.7 Å². The van der Waals surface area contributed by atoms with Crippen LogP contribution >= 0.6 is 0 Å². The van der Waals surface area contributed by atoms with E-state index in [2.05, 4.69) is 29.0 Å². The van der Waals surface area contributed by atoms with Crippen molar-refractivity contribution < 1.29 is 29.6 Å². The number of carbonyl (C=O) groups is 2. The van der Waals surface area contributed by atoms with Gasteiger partial charge in [-0.3, -0.25) is 9.59 Å². The fourth-order valence-electron chi connectivity index (χ4n) is 5.39. The minimum atomic E-state index is -1.56. The summed E-state index contributed by atoms with van der Waals surface area (Å²) in [6.45, 7) is 1.52. The maximum absolute atomic E-state index is 13.6. The van der Waals surface area contributed by atoms with Crippen molar-refractivity contribution in [2.75, 3.05) is 5.32 Å². The molecular weight excluding hydrogens is 422 g/mol. The summed E-state index contributed by atoms with van der Waals surface area (Å²) in [5.74, 6) is 9.90. The van der Waals surface area contributed by atoms with Gasteiger partial charge in [0.25, 0.3) is 0 Å². The molecule has 2 aromatic carbocycles. The Labute approximate surface area is 188 Å². The SMILES string of the molecule is C[C@@H](O)[C@@]12O[C@]13c1cc(O)c4c(c1N[C@H]2C#C/C=C/C#C[C@H]3O)C(=O)c1ccccc1C4=O. The van der Waals surface area contributed by atoms with Crippen molar-refractivity contribution in [1.29, 1.82) is 0 Å². The van der Waals surface area contributed by atoms with Crippen molar-refractivity contribution >= 4 is 17.3 Å². The lowest BCUT2D eigenvalue weighted by molar-refractivity contribution is 0.0867. The van der Waals surface area contributed by atoms with Gasteiger partial charge in [0.1, 0.15) is 11.8 Å². The quantitative estimate of drug-likeness (QED) is 0.256. The zero-order chi connectivity index (χ0) is 23.1. The van der Waals surface area contributed by atoms with Gasteiger partial charge in [0.15, 0.2) is 28.9 Å². The Morgan fingerprint density at radius 1 is 1.06 bits per heavy atom. The molecule has 7 nitrogen and oxygen atoms in total. The maximum Gasteiger partial charge on any atom is 0.198 e. The Bertz CT molecular complexity index is 1450. The van der Waals surface area contributed by atoms with Crippen LogP contribution in [0.1, 0.15) is 44.3 Å². The second-order valence-corrected chi connectivity index (χ2v) is 8.47. The molecule has 33 heavy (non-hydrogen) atoms. The van der Waals surface area contributed by atoms with Crippen LogP contribution in [0.2, 0.25) is 0 Å². The van der Waals surface area contributed by atoms with Crippen LogP contribution in [0.15, 0.2) is 42.5 Å². The molecule has 0 unspecified atom stereocenters. The van der Waals surface area contributed by atoms with E-state index in [9.17, 15) is 24.9 Å². The lowest BCUT2D eigenvalue weighted by Gasteiger charge is -2.37. The number of anilines is 1. The predicted molar refractivity (Wildman–Crippen MR) is 117 cm³/mol. The molecule has 6 rings (SSSR count). The number of hydrogen-bond donors (Lipinski definition) is 4. The van der Waals surface area contributed by atoms with E-state index in [0.29, 0.717) is 0 Å². The molecule has 2 aliphatic heterocycles. The molecule has 0 radical (unpaired) electrons. The second-order valence-electron chi connectivity index (χ2n) is 8.47. The van der Waals surface area contributed by atoms with E-state index in [-0.39, 0.29) is 33.5 Å². The summed E-state index contributed by atoms with van der Waals surface area (Å²) in [6, 6.07) is 6.88. The third-order valence-corrected chi connectivity index (χ3v) is 6.87. The number of epoxide rings is 1. The van der Waals surface area contributed by atoms with E-state index in [4.69, 9.17) is 4.74 Å². The standard InChI is InChI=1S/C26H17NO6/c1-13(28)25-18-10-4-2-3-5-11-19(30)26(25,33-25)16-12-17(29)20-21(22(16)27-18)24(32)15-9-7-6-8-14(15)23(20)31/h2-3,6-9,12-13,18-19,27-30H,1H3/b3-2+/t13-,18+,19-,25+,26+/m1/s1. The number of hydrogen-bond acceptors (Lipinski definition) is 7. The highest BCUT2D eigenvalue weighted by atomic mass is 16.7. The predicted octanol–water partition coefficient (Wildman–Crippen LogP) is 1.24. The van der Waals surface area contributed by atoms with E-state index < -0.39 is 46.8 Å². The highest BCUT2D eigenvalue weighted by Crippen LogP contribution is 2.67. The number of aliphatic hydroxyl groups is 2. The van der Waals surface area contributed by atoms with Crippen LogP contribution < -0.4 is 5.32 Å². The molecule has 7 heteroatoms. The number of aromatic hydroxyl groups is 1. The number of ketones is 2. The van der Waals surface area contributed by atoms with Crippen LogP contribution in [0.25, 0.3) is 0 Å². The molecule has 2 heterocycles. The van der Waals surface area contributed by atoms with Crippen molar-refractivity contribution in [2.45, 2.75) is 36.4 Å². The average Bonchev–Trinajstić information content (AvgIpc) is 3.53. The molecule has 5 atom stereocenters. The number of allylic oxidation sites excluding steroid dienone is 2. The third-order valence-electron chi connectivity index (χ3n) is 6.87. The van der Waals surface area contributed by atoms with E-state index in [0.717, 1.165) is 0 Å². The Morgan fingerprint density at radius 2 is 1.70 bits per heavy atom. The summed E-state index contributed by atoms with van der Waals surface area (Å²) in [4.78, 5) is 26.8. The highest BCUT2D eigenvalue weighted by molar-refractivity contribution is 6.31. The van der Waals surface area contributed by atoms with Crippen molar-refractivity contribution in [3.63, 3.8) is 0 Å². The van der Waals surface area contributed by atoms with Gasteiger partial charge < -0.3 is 25.4 Å². The van der Waals surface area contributed by atoms with Gasteiger partial charge in [-0.1, -0.05) is 47.9 Å². The van der Waals surface area contributed by atoms with Gasteiger partial charge >= 0.3 is 0 Å². The first-order valence-electron chi connectivity index (χ1n) is 10.4. The first-order valence-corrected chi connectivity index (χ1v) is 10.4. The molecule has 4 aliphatic rings. The molecular formula is C26H17NO6. The summed E-state index contributed by atoms with van der Waals surface area (Å²) >= 11 is 0. The van der Waals surface area contributed by atoms with E-state index in [1.54, 1.807) is 24.3 Å². The molecule has 0 amide bonds. The number of nitrogens with one attached hydrogen (secondary N) is 1. The number of phenolic OH excluding ortho intramolecular Hbond substituents is 1. The Balaban J connectivity index is 1.69. The van der Waals surface area contributed by atoms with Crippen molar-refractivity contribution in [2.24, 2.45) is 0 Å². The number of rotatable bonds is 1. The zero-order valence-electron chi connectivity index (χ0n) is 17.3. The summed E-state index contributed by atoms with van der Waals surface area (Å²) in [6.07, 6.45) is 0.511. The molecule has 1 saturated heterocycles. The Kier molecular flexibility index (Phi) is 3.80. The van der Waals surface area contributed by atoms with Gasteiger partial charge in [-0.2, -0.15) is 0 Å². The zero-order valence-corrected chi connectivity index (χ0v) is 17.3. The van der Waals surface area contributed by atoms with Gasteiger partial charge in [-0.15, -0.1) is 0 Å². The fourth-order valence-corrected chi connectivity index (χ4v) is 5.39. The molecule has 0 saturated carbocycles. The highest BCUT2D eigenvalue weighted by Gasteiger charge is 2.82. The number of carbonyl (C=O) groups excluding carboxylic acids is 2. The minimum Gasteiger partial charge on any atom is -0.507 e. The summed E-state index contributed by atoms with van der Waals surface area (Å²) in [7, 11) is 0. The molecule has 162 valence electrons. The molecule has 2 aromatic rings. The molecule has 4 N–H and O–H groups in total. The molecule has 0 aromatic heterocycles. The first-order chi connectivity index (χ1) is 15.8. The number of fused-ring (bicyclic) bond motifs is 4. The molecule has 1 fully saturated rings. The average molecular weight is 439 g/mol. The van der Waals surface area contributed by atoms with E-state index >= 15 is 0 Å². The third kappa shape index (κ3) is 2.21. The molecule has 2 aliphatic carbocycles. The number of aliphatic hydroxyl groups excluding tert-OH is 2. The number of benzene rings is 2. The summed E-state index contributed by atoms with van der Waals surface area (Å²) in [5.41, 5.74) is -2.18. The summed E-state index contributed by atoms with van der Waals surface area (Å²) < 4.78 is 6.12. The van der Waals surface area contributed by atoms with Crippen LogP contribution in [0.4, 0.5) is 5.69 Å². The first kappa shape index (κ1) is 19.8. The molecule has 2 bridgehead atoms. The van der Waals surface area contributed by atoms with Crippen molar-refractivity contribution in [1.82, 2.24) is 0 Å². The van der Waals surface area contributed by atoms with Crippen molar-refractivity contribution in [3.05, 3.63) is 70.3 Å². The van der Waals surface area contributed by atoms with Gasteiger partial charge in [-0.05, 0) is 25.1 Å². The lowest BCUT2D eigenvalue weighted by atomic mass is 9.69. The summed E-state index contributed by atoms with van der Waals surface area (Å²) in [5, 5.41) is 36.0.